The van der Waals surface area contributed by atoms with Gasteiger partial charge in [0.1, 0.15) is 11.7 Å². The molecule has 0 aromatic rings. The van der Waals surface area contributed by atoms with Gasteiger partial charge in [-0.05, 0) is 19.3 Å². The van der Waals surface area contributed by atoms with E-state index in [1.165, 1.54) is 51.9 Å². The van der Waals surface area contributed by atoms with E-state index in [0.29, 0.717) is 19.4 Å². The number of nitrogens with two attached hydrogens (primary N) is 1. The lowest BCUT2D eigenvalue weighted by Gasteiger charge is -2.49. The SMILES string of the molecule is CCCCCCCCCCCCOC(=O)N[C@@H]1[C@@H](OC(C)=O)C2OC3(CCCCC3)OC[C@@]2(O)[C@H]1N. The molecule has 1 amide bonds. The van der Waals surface area contributed by atoms with Crippen molar-refractivity contribution in [3.8, 4) is 0 Å². The first-order valence-corrected chi connectivity index (χ1v) is 14.2. The molecule has 0 aromatic heterocycles. The van der Waals surface area contributed by atoms with Crippen molar-refractivity contribution in [2.45, 2.75) is 146 Å². The highest BCUT2D eigenvalue weighted by atomic mass is 16.7. The van der Waals surface area contributed by atoms with Crippen LogP contribution < -0.4 is 11.1 Å². The van der Waals surface area contributed by atoms with Gasteiger partial charge in [0.05, 0.1) is 25.3 Å². The van der Waals surface area contributed by atoms with E-state index in [-0.39, 0.29) is 6.61 Å². The van der Waals surface area contributed by atoms with Crippen LogP contribution in [0.5, 0.6) is 0 Å². The molecule has 1 spiro atoms. The number of fused-ring (bicyclic) bond motifs is 1. The molecule has 36 heavy (non-hydrogen) atoms. The summed E-state index contributed by atoms with van der Waals surface area (Å²) in [5, 5.41) is 14.1. The monoisotopic (exact) mass is 512 g/mol. The molecule has 3 aliphatic rings. The average Bonchev–Trinajstić information content (AvgIpc) is 3.04. The highest BCUT2D eigenvalue weighted by Gasteiger charge is 2.66. The van der Waals surface area contributed by atoms with E-state index in [9.17, 15) is 14.7 Å². The van der Waals surface area contributed by atoms with Crippen LogP contribution in [0.1, 0.15) is 110 Å². The van der Waals surface area contributed by atoms with E-state index < -0.39 is 47.7 Å². The van der Waals surface area contributed by atoms with Gasteiger partial charge in [-0.3, -0.25) is 4.79 Å². The Bertz CT molecular complexity index is 700. The fraction of sp³-hybridized carbons (Fsp3) is 0.926. The van der Waals surface area contributed by atoms with Crippen LogP contribution in [0.4, 0.5) is 4.79 Å². The number of alkyl carbamates (subject to hydrolysis) is 1. The van der Waals surface area contributed by atoms with Crippen LogP contribution in [-0.2, 0) is 23.7 Å². The van der Waals surface area contributed by atoms with E-state index >= 15 is 0 Å². The molecule has 1 heterocycles. The smallest absolute Gasteiger partial charge is 0.407 e. The number of esters is 1. The number of carbonyl (C=O) groups is 2. The third-order valence-corrected chi connectivity index (χ3v) is 7.95. The number of hydrogen-bond donors (Lipinski definition) is 3. The van der Waals surface area contributed by atoms with E-state index in [4.69, 9.17) is 24.7 Å². The van der Waals surface area contributed by atoms with Crippen molar-refractivity contribution < 1.29 is 33.6 Å². The minimum absolute atomic E-state index is 0.0393. The molecule has 208 valence electrons. The summed E-state index contributed by atoms with van der Waals surface area (Å²) in [5.41, 5.74) is 4.80. The van der Waals surface area contributed by atoms with Gasteiger partial charge in [-0.15, -0.1) is 0 Å². The molecule has 1 unspecified atom stereocenters. The summed E-state index contributed by atoms with van der Waals surface area (Å²) >= 11 is 0. The molecule has 0 aromatic carbocycles. The Morgan fingerprint density at radius 2 is 1.61 bits per heavy atom. The molecule has 1 saturated heterocycles. The third-order valence-electron chi connectivity index (χ3n) is 7.95. The van der Waals surface area contributed by atoms with Crippen LogP contribution >= 0.6 is 0 Å². The maximum absolute atomic E-state index is 12.6. The highest BCUT2D eigenvalue weighted by molar-refractivity contribution is 5.69. The molecule has 2 saturated carbocycles. The normalized spacial score (nSPS) is 31.1. The highest BCUT2D eigenvalue weighted by Crippen LogP contribution is 2.46. The van der Waals surface area contributed by atoms with Crippen molar-refractivity contribution in [3.05, 3.63) is 0 Å². The minimum Gasteiger partial charge on any atom is -0.457 e. The van der Waals surface area contributed by atoms with Gasteiger partial charge in [0.2, 0.25) is 0 Å². The molecule has 4 N–H and O–H groups in total. The number of carbonyl (C=O) groups excluding carboxylic acids is 2. The molecule has 0 radical (unpaired) electrons. The number of rotatable bonds is 13. The van der Waals surface area contributed by atoms with Crippen LogP contribution in [0.15, 0.2) is 0 Å². The zero-order chi connectivity index (χ0) is 26.0. The van der Waals surface area contributed by atoms with Gasteiger partial charge in [0, 0.05) is 19.8 Å². The van der Waals surface area contributed by atoms with Crippen molar-refractivity contribution in [1.29, 1.82) is 0 Å². The summed E-state index contributed by atoms with van der Waals surface area (Å²) in [6.07, 6.45) is 13.9. The predicted octanol–water partition coefficient (Wildman–Crippen LogP) is 4.08. The van der Waals surface area contributed by atoms with Gasteiger partial charge in [-0.2, -0.15) is 0 Å². The summed E-state index contributed by atoms with van der Waals surface area (Å²) < 4.78 is 23.2. The third kappa shape index (κ3) is 7.55. The largest absolute Gasteiger partial charge is 0.457 e. The molecule has 3 rings (SSSR count). The number of amides is 1. The fourth-order valence-electron chi connectivity index (χ4n) is 5.82. The summed E-state index contributed by atoms with van der Waals surface area (Å²) in [5.74, 6) is -1.34. The summed E-state index contributed by atoms with van der Waals surface area (Å²) in [4.78, 5) is 24.5. The Hall–Kier alpha value is -1.42. The van der Waals surface area contributed by atoms with Crippen molar-refractivity contribution in [2.75, 3.05) is 13.2 Å². The van der Waals surface area contributed by atoms with Crippen molar-refractivity contribution in [2.24, 2.45) is 5.73 Å². The second-order valence-electron chi connectivity index (χ2n) is 10.9. The zero-order valence-electron chi connectivity index (χ0n) is 22.3. The molecule has 5 atom stereocenters. The van der Waals surface area contributed by atoms with Crippen LogP contribution in [-0.4, -0.2) is 66.1 Å². The van der Waals surface area contributed by atoms with Crippen LogP contribution in [0.25, 0.3) is 0 Å². The van der Waals surface area contributed by atoms with E-state index in [0.717, 1.165) is 38.5 Å². The predicted molar refractivity (Wildman–Crippen MR) is 135 cm³/mol. The summed E-state index contributed by atoms with van der Waals surface area (Å²) in [6, 6.07) is -1.80. The quantitative estimate of drug-likeness (QED) is 0.249. The maximum atomic E-state index is 12.6. The summed E-state index contributed by atoms with van der Waals surface area (Å²) in [7, 11) is 0. The molecule has 1 aliphatic heterocycles. The molecule has 3 fully saturated rings. The Morgan fingerprint density at radius 1 is 1.00 bits per heavy atom. The molecule has 2 aliphatic carbocycles. The lowest BCUT2D eigenvalue weighted by molar-refractivity contribution is -0.359. The Labute approximate surface area is 216 Å². The van der Waals surface area contributed by atoms with Crippen molar-refractivity contribution in [1.82, 2.24) is 5.32 Å². The van der Waals surface area contributed by atoms with E-state index in [1.54, 1.807) is 0 Å². The Balaban J connectivity index is 1.45. The van der Waals surface area contributed by atoms with Gasteiger partial charge in [0.25, 0.3) is 0 Å². The number of ether oxygens (including phenoxy) is 4. The fourth-order valence-corrected chi connectivity index (χ4v) is 5.82. The first kappa shape index (κ1) is 29.1. The van der Waals surface area contributed by atoms with Gasteiger partial charge < -0.3 is 35.1 Å². The maximum Gasteiger partial charge on any atom is 0.407 e. The van der Waals surface area contributed by atoms with Crippen LogP contribution in [0.2, 0.25) is 0 Å². The lowest BCUT2D eigenvalue weighted by atomic mass is 9.89. The van der Waals surface area contributed by atoms with E-state index in [2.05, 4.69) is 12.2 Å². The molecule has 0 bridgehead atoms. The Kier molecular flexibility index (Phi) is 11.3. The molecular formula is C27H48N2O7. The first-order valence-electron chi connectivity index (χ1n) is 14.2. The zero-order valence-corrected chi connectivity index (χ0v) is 22.3. The van der Waals surface area contributed by atoms with Crippen molar-refractivity contribution >= 4 is 12.1 Å². The van der Waals surface area contributed by atoms with Crippen LogP contribution in [0.3, 0.4) is 0 Å². The van der Waals surface area contributed by atoms with Gasteiger partial charge in [-0.1, -0.05) is 71.1 Å². The second-order valence-corrected chi connectivity index (χ2v) is 10.9. The summed E-state index contributed by atoms with van der Waals surface area (Å²) in [6.45, 7) is 3.79. The van der Waals surface area contributed by atoms with Gasteiger partial charge >= 0.3 is 12.1 Å². The number of unbranched alkanes of at least 4 members (excludes halogenated alkanes) is 9. The first-order chi connectivity index (χ1) is 17.3. The topological polar surface area (TPSA) is 129 Å². The lowest BCUT2D eigenvalue weighted by Crippen LogP contribution is -2.65. The van der Waals surface area contributed by atoms with Crippen molar-refractivity contribution in [3.63, 3.8) is 0 Å². The van der Waals surface area contributed by atoms with E-state index in [1.807, 2.05) is 0 Å². The number of nitrogens with one attached hydrogen (secondary N) is 1. The Morgan fingerprint density at radius 3 is 2.22 bits per heavy atom. The standard InChI is InChI=1S/C27H48N2O7/c1-3-4-5-6-7-8-9-10-11-15-18-33-25(31)29-21-22(35-20(2)30)24-27(32,23(21)28)19-34-26(36-24)16-13-12-14-17-26/h21-24,32H,3-19,28H2,1-2H3,(H,29,31)/t21-,22-,23+,24?,27-/m1/s1. The molecule has 9 nitrogen and oxygen atoms in total. The van der Waals surface area contributed by atoms with Gasteiger partial charge in [-0.25, -0.2) is 4.79 Å². The average molecular weight is 513 g/mol. The number of aliphatic hydroxyl groups is 1. The number of hydrogen-bond acceptors (Lipinski definition) is 8. The molecule has 9 heteroatoms. The molecular weight excluding hydrogens is 464 g/mol. The minimum atomic E-state index is -1.59. The van der Waals surface area contributed by atoms with Gasteiger partial charge in [0.15, 0.2) is 11.9 Å². The second kappa shape index (κ2) is 13.9. The van der Waals surface area contributed by atoms with Crippen LogP contribution in [0, 0.1) is 0 Å².